The lowest BCUT2D eigenvalue weighted by Gasteiger charge is -2.12. The summed E-state index contributed by atoms with van der Waals surface area (Å²) in [6.45, 7) is 0. The van der Waals surface area contributed by atoms with Crippen LogP contribution in [0.5, 0.6) is 0 Å². The highest BCUT2D eigenvalue weighted by Gasteiger charge is 2.12. The Hall–Kier alpha value is -2.58. The molecule has 0 heterocycles. The molecule has 22 heavy (non-hydrogen) atoms. The first-order chi connectivity index (χ1) is 10.8. The number of benzene rings is 3. The SMILES string of the molecule is NN=C(c1ccccc1)c1ccccc1-c1cccc(Cl)c1. The van der Waals surface area contributed by atoms with Crippen LogP contribution in [-0.4, -0.2) is 5.71 Å². The predicted molar refractivity (Wildman–Crippen MR) is 93.2 cm³/mol. The molecule has 0 saturated carbocycles. The van der Waals surface area contributed by atoms with Crippen LogP contribution in [0.25, 0.3) is 11.1 Å². The highest BCUT2D eigenvalue weighted by Crippen LogP contribution is 2.28. The van der Waals surface area contributed by atoms with Gasteiger partial charge in [-0.25, -0.2) is 0 Å². The maximum atomic E-state index is 6.12. The minimum absolute atomic E-state index is 0.707. The van der Waals surface area contributed by atoms with Crippen LogP contribution >= 0.6 is 11.6 Å². The summed E-state index contributed by atoms with van der Waals surface area (Å²) in [7, 11) is 0. The fourth-order valence-corrected chi connectivity index (χ4v) is 2.68. The van der Waals surface area contributed by atoms with Crippen molar-refractivity contribution in [2.75, 3.05) is 0 Å². The van der Waals surface area contributed by atoms with Crippen LogP contribution in [0.4, 0.5) is 0 Å². The summed E-state index contributed by atoms with van der Waals surface area (Å²) in [6, 6.07) is 25.8. The van der Waals surface area contributed by atoms with Crippen molar-refractivity contribution in [2.45, 2.75) is 0 Å². The molecule has 0 saturated heterocycles. The molecule has 3 aromatic carbocycles. The van der Waals surface area contributed by atoms with Crippen LogP contribution in [0.15, 0.2) is 84.0 Å². The lowest BCUT2D eigenvalue weighted by Crippen LogP contribution is -2.08. The number of rotatable bonds is 3. The Kier molecular flexibility index (Phi) is 4.22. The summed E-state index contributed by atoms with van der Waals surface area (Å²) in [5.41, 5.74) is 4.83. The molecule has 0 spiro atoms. The van der Waals surface area contributed by atoms with Gasteiger partial charge in [0.15, 0.2) is 0 Å². The Bertz CT molecular complexity index is 810. The average molecular weight is 307 g/mol. The van der Waals surface area contributed by atoms with Crippen LogP contribution in [-0.2, 0) is 0 Å². The van der Waals surface area contributed by atoms with E-state index in [-0.39, 0.29) is 0 Å². The molecule has 2 nitrogen and oxygen atoms in total. The number of nitrogens with zero attached hydrogens (tertiary/aromatic N) is 1. The third-order valence-corrected chi connectivity index (χ3v) is 3.73. The minimum atomic E-state index is 0.707. The Morgan fingerprint density at radius 3 is 2.27 bits per heavy atom. The van der Waals surface area contributed by atoms with Crippen molar-refractivity contribution in [3.63, 3.8) is 0 Å². The second-order valence-electron chi connectivity index (χ2n) is 4.90. The van der Waals surface area contributed by atoms with Gasteiger partial charge in [0.1, 0.15) is 0 Å². The van der Waals surface area contributed by atoms with Crippen LogP contribution in [0.1, 0.15) is 11.1 Å². The quantitative estimate of drug-likeness (QED) is 0.424. The normalized spacial score (nSPS) is 11.4. The number of hydrazone groups is 1. The van der Waals surface area contributed by atoms with E-state index in [4.69, 9.17) is 17.4 Å². The van der Waals surface area contributed by atoms with E-state index in [2.05, 4.69) is 11.2 Å². The van der Waals surface area contributed by atoms with Crippen molar-refractivity contribution >= 4 is 17.3 Å². The van der Waals surface area contributed by atoms with Crippen LogP contribution in [0, 0.1) is 0 Å². The maximum absolute atomic E-state index is 6.12. The van der Waals surface area contributed by atoms with E-state index in [0.29, 0.717) is 5.02 Å². The summed E-state index contributed by atoms with van der Waals surface area (Å²) in [6.07, 6.45) is 0. The third-order valence-electron chi connectivity index (χ3n) is 3.49. The van der Waals surface area contributed by atoms with Crippen LogP contribution in [0.3, 0.4) is 0 Å². The topological polar surface area (TPSA) is 38.4 Å². The number of hydrogen-bond donors (Lipinski definition) is 1. The molecule has 2 N–H and O–H groups in total. The van der Waals surface area contributed by atoms with Gasteiger partial charge in [-0.3, -0.25) is 0 Å². The van der Waals surface area contributed by atoms with Crippen molar-refractivity contribution in [2.24, 2.45) is 10.9 Å². The van der Waals surface area contributed by atoms with Crippen molar-refractivity contribution in [1.82, 2.24) is 0 Å². The highest BCUT2D eigenvalue weighted by molar-refractivity contribution is 6.31. The zero-order valence-corrected chi connectivity index (χ0v) is 12.7. The third kappa shape index (κ3) is 2.87. The minimum Gasteiger partial charge on any atom is -0.323 e. The Morgan fingerprint density at radius 1 is 0.818 bits per heavy atom. The molecule has 0 aliphatic carbocycles. The van der Waals surface area contributed by atoms with E-state index in [1.54, 1.807) is 0 Å². The molecule has 0 aliphatic heterocycles. The van der Waals surface area contributed by atoms with E-state index in [9.17, 15) is 0 Å². The van der Waals surface area contributed by atoms with Crippen molar-refractivity contribution in [1.29, 1.82) is 0 Å². The Morgan fingerprint density at radius 2 is 1.55 bits per heavy atom. The molecule has 0 aliphatic rings. The van der Waals surface area contributed by atoms with Gasteiger partial charge < -0.3 is 5.84 Å². The zero-order valence-electron chi connectivity index (χ0n) is 11.9. The first-order valence-corrected chi connectivity index (χ1v) is 7.36. The summed E-state index contributed by atoms with van der Waals surface area (Å²) in [4.78, 5) is 0. The Balaban J connectivity index is 2.16. The fraction of sp³-hybridized carbons (Fsp3) is 0. The number of nitrogens with two attached hydrogens (primary N) is 1. The summed E-state index contributed by atoms with van der Waals surface area (Å²) in [5.74, 6) is 5.68. The molecule has 3 rings (SSSR count). The van der Waals surface area contributed by atoms with Gasteiger partial charge in [0.05, 0.1) is 5.71 Å². The van der Waals surface area contributed by atoms with Gasteiger partial charge in [-0.05, 0) is 23.3 Å². The van der Waals surface area contributed by atoms with Gasteiger partial charge in [0.25, 0.3) is 0 Å². The van der Waals surface area contributed by atoms with Crippen molar-refractivity contribution in [3.8, 4) is 11.1 Å². The molecule has 0 fully saturated rings. The smallest absolute Gasteiger partial charge is 0.0977 e. The zero-order chi connectivity index (χ0) is 15.4. The van der Waals surface area contributed by atoms with Gasteiger partial charge in [-0.2, -0.15) is 5.10 Å². The molecular formula is C19H15ClN2. The average Bonchev–Trinajstić information content (AvgIpc) is 2.57. The van der Waals surface area contributed by atoms with E-state index < -0.39 is 0 Å². The summed E-state index contributed by atoms with van der Waals surface area (Å²) in [5, 5.41) is 4.73. The molecule has 0 unspecified atom stereocenters. The molecule has 0 aromatic heterocycles. The van der Waals surface area contributed by atoms with E-state index in [0.717, 1.165) is 28.0 Å². The lowest BCUT2D eigenvalue weighted by atomic mass is 9.93. The summed E-state index contributed by atoms with van der Waals surface area (Å²) >= 11 is 6.12. The molecule has 0 bridgehead atoms. The fourth-order valence-electron chi connectivity index (χ4n) is 2.49. The monoisotopic (exact) mass is 306 g/mol. The molecule has 3 aromatic rings. The maximum Gasteiger partial charge on any atom is 0.0977 e. The molecular weight excluding hydrogens is 292 g/mol. The molecule has 3 heteroatoms. The van der Waals surface area contributed by atoms with Gasteiger partial charge in [-0.1, -0.05) is 78.3 Å². The largest absolute Gasteiger partial charge is 0.323 e. The van der Waals surface area contributed by atoms with Crippen molar-refractivity contribution < 1.29 is 0 Å². The van der Waals surface area contributed by atoms with Gasteiger partial charge >= 0.3 is 0 Å². The van der Waals surface area contributed by atoms with E-state index >= 15 is 0 Å². The molecule has 0 amide bonds. The predicted octanol–water partition coefficient (Wildman–Crippen LogP) is 4.72. The van der Waals surface area contributed by atoms with E-state index in [1.807, 2.05) is 72.8 Å². The van der Waals surface area contributed by atoms with Gasteiger partial charge in [0, 0.05) is 16.1 Å². The molecule has 0 atom stereocenters. The van der Waals surface area contributed by atoms with Gasteiger partial charge in [0.2, 0.25) is 0 Å². The molecule has 108 valence electrons. The standard InChI is InChI=1S/C19H15ClN2/c20-16-10-6-9-15(13-16)17-11-4-5-12-18(17)19(22-21)14-7-2-1-3-8-14/h1-13H,21H2. The van der Waals surface area contributed by atoms with Crippen molar-refractivity contribution in [3.05, 3.63) is 95.0 Å². The summed E-state index contributed by atoms with van der Waals surface area (Å²) < 4.78 is 0. The number of halogens is 1. The van der Waals surface area contributed by atoms with E-state index in [1.165, 1.54) is 0 Å². The second-order valence-corrected chi connectivity index (χ2v) is 5.34. The number of hydrogen-bond acceptors (Lipinski definition) is 2. The first kappa shape index (κ1) is 14.4. The van der Waals surface area contributed by atoms with Gasteiger partial charge in [-0.15, -0.1) is 0 Å². The molecule has 0 radical (unpaired) electrons. The van der Waals surface area contributed by atoms with Crippen LogP contribution < -0.4 is 5.84 Å². The Labute approximate surface area is 134 Å². The van der Waals surface area contributed by atoms with Crippen LogP contribution in [0.2, 0.25) is 5.02 Å². The highest BCUT2D eigenvalue weighted by atomic mass is 35.5. The second kappa shape index (κ2) is 6.46. The first-order valence-electron chi connectivity index (χ1n) is 6.98. The lowest BCUT2D eigenvalue weighted by molar-refractivity contribution is 1.24.